The van der Waals surface area contributed by atoms with Crippen LogP contribution in [0.3, 0.4) is 0 Å². The Morgan fingerprint density at radius 2 is 2.25 bits per heavy atom. The molecule has 0 saturated carbocycles. The van der Waals surface area contributed by atoms with Gasteiger partial charge >= 0.3 is 0 Å². The topological polar surface area (TPSA) is 73.8 Å². The predicted molar refractivity (Wildman–Crippen MR) is 60.0 cm³/mol. The number of aromatic nitrogens is 3. The van der Waals surface area contributed by atoms with E-state index in [2.05, 4.69) is 20.5 Å². The van der Waals surface area contributed by atoms with Crippen molar-refractivity contribution in [1.82, 2.24) is 20.5 Å². The quantitative estimate of drug-likeness (QED) is 0.754. The van der Waals surface area contributed by atoms with Gasteiger partial charge in [-0.25, -0.2) is 4.98 Å². The summed E-state index contributed by atoms with van der Waals surface area (Å²) in [5, 5.41) is 19.3. The first-order valence-electron chi connectivity index (χ1n) is 4.78. The van der Waals surface area contributed by atoms with Crippen LogP contribution < -0.4 is 5.32 Å². The van der Waals surface area contributed by atoms with Crippen LogP contribution in [0.4, 0.5) is 0 Å². The number of phenolic OH excluding ortho intramolecular Hbond substituents is 1. The van der Waals surface area contributed by atoms with E-state index in [0.717, 1.165) is 11.4 Å². The number of aromatic amines is 1. The molecule has 0 radical (unpaired) electrons. The van der Waals surface area contributed by atoms with E-state index in [9.17, 15) is 5.11 Å². The van der Waals surface area contributed by atoms with Gasteiger partial charge in [0, 0.05) is 6.54 Å². The van der Waals surface area contributed by atoms with E-state index in [1.165, 1.54) is 6.33 Å². The van der Waals surface area contributed by atoms with Crippen molar-refractivity contribution in [2.24, 2.45) is 0 Å². The Kier molecular flexibility index (Phi) is 3.38. The van der Waals surface area contributed by atoms with Gasteiger partial charge in [-0.05, 0) is 17.7 Å². The second kappa shape index (κ2) is 4.96. The highest BCUT2D eigenvalue weighted by Gasteiger charge is 2.00. The number of aromatic hydroxyl groups is 1. The zero-order valence-corrected chi connectivity index (χ0v) is 9.20. The number of hydrogen-bond donors (Lipinski definition) is 3. The Bertz CT molecular complexity index is 458. The fraction of sp³-hybridized carbons (Fsp3) is 0.200. The van der Waals surface area contributed by atoms with Crippen LogP contribution in [0, 0.1) is 0 Å². The molecule has 6 heteroatoms. The summed E-state index contributed by atoms with van der Waals surface area (Å²) in [5.74, 6) is 0.880. The maximum Gasteiger partial charge on any atom is 0.138 e. The van der Waals surface area contributed by atoms with E-state index in [4.69, 9.17) is 11.6 Å². The first kappa shape index (κ1) is 10.9. The lowest BCUT2D eigenvalue weighted by atomic mass is 10.2. The molecule has 0 amide bonds. The van der Waals surface area contributed by atoms with Gasteiger partial charge in [0.15, 0.2) is 0 Å². The van der Waals surface area contributed by atoms with Gasteiger partial charge in [-0.2, -0.15) is 5.10 Å². The van der Waals surface area contributed by atoms with E-state index in [1.807, 2.05) is 6.07 Å². The zero-order valence-electron chi connectivity index (χ0n) is 8.44. The van der Waals surface area contributed by atoms with Crippen molar-refractivity contribution < 1.29 is 5.11 Å². The van der Waals surface area contributed by atoms with Gasteiger partial charge in [0.1, 0.15) is 17.9 Å². The Hall–Kier alpha value is -1.59. The maximum absolute atomic E-state index is 9.24. The van der Waals surface area contributed by atoms with Crippen molar-refractivity contribution in [1.29, 1.82) is 0 Å². The minimum Gasteiger partial charge on any atom is -0.506 e. The van der Waals surface area contributed by atoms with Crippen LogP contribution in [0.5, 0.6) is 5.75 Å². The molecule has 5 nitrogen and oxygen atoms in total. The lowest BCUT2D eigenvalue weighted by Gasteiger charge is -2.04. The highest BCUT2D eigenvalue weighted by molar-refractivity contribution is 6.32. The fourth-order valence-electron chi connectivity index (χ4n) is 1.30. The Balaban J connectivity index is 1.87. The molecule has 2 rings (SSSR count). The fourth-order valence-corrected chi connectivity index (χ4v) is 1.50. The van der Waals surface area contributed by atoms with Crippen molar-refractivity contribution in [3.05, 3.63) is 40.9 Å². The summed E-state index contributed by atoms with van der Waals surface area (Å²) in [6.07, 6.45) is 1.47. The van der Waals surface area contributed by atoms with Crippen LogP contribution in [0.1, 0.15) is 11.4 Å². The number of hydrogen-bond acceptors (Lipinski definition) is 4. The van der Waals surface area contributed by atoms with Crippen molar-refractivity contribution >= 4 is 11.6 Å². The average Bonchev–Trinajstić information content (AvgIpc) is 2.76. The summed E-state index contributed by atoms with van der Waals surface area (Å²) in [4.78, 5) is 3.98. The van der Waals surface area contributed by atoms with Gasteiger partial charge in [0.25, 0.3) is 0 Å². The van der Waals surface area contributed by atoms with Gasteiger partial charge < -0.3 is 10.4 Å². The molecule has 0 aliphatic carbocycles. The number of phenols is 1. The van der Waals surface area contributed by atoms with Crippen LogP contribution in [-0.4, -0.2) is 20.3 Å². The molecule has 84 valence electrons. The Morgan fingerprint density at radius 1 is 1.38 bits per heavy atom. The number of H-pyrrole nitrogens is 1. The lowest BCUT2D eigenvalue weighted by molar-refractivity contribution is 0.475. The summed E-state index contributed by atoms with van der Waals surface area (Å²) >= 11 is 5.79. The first-order valence-corrected chi connectivity index (χ1v) is 5.16. The molecule has 0 aliphatic rings. The summed E-state index contributed by atoms with van der Waals surface area (Å²) < 4.78 is 0. The molecular weight excluding hydrogens is 228 g/mol. The zero-order chi connectivity index (χ0) is 11.4. The molecular formula is C10H11ClN4O. The summed E-state index contributed by atoms with van der Waals surface area (Å²) in [7, 11) is 0. The van der Waals surface area contributed by atoms with Gasteiger partial charge in [-0.15, -0.1) is 0 Å². The molecule has 1 aromatic carbocycles. The van der Waals surface area contributed by atoms with Gasteiger partial charge in [-0.3, -0.25) is 5.10 Å². The van der Waals surface area contributed by atoms with E-state index in [0.29, 0.717) is 18.1 Å². The van der Waals surface area contributed by atoms with Crippen LogP contribution in [0.2, 0.25) is 5.02 Å². The van der Waals surface area contributed by atoms with Crippen molar-refractivity contribution in [2.45, 2.75) is 13.1 Å². The summed E-state index contributed by atoms with van der Waals surface area (Å²) in [6.45, 7) is 1.26. The Labute approximate surface area is 97.5 Å². The van der Waals surface area contributed by atoms with E-state index in [1.54, 1.807) is 12.1 Å². The molecule has 0 bridgehead atoms. The number of rotatable bonds is 4. The molecule has 1 aromatic heterocycles. The molecule has 0 aliphatic heterocycles. The van der Waals surface area contributed by atoms with Crippen LogP contribution in [0.15, 0.2) is 24.5 Å². The van der Waals surface area contributed by atoms with Crippen LogP contribution in [0.25, 0.3) is 0 Å². The molecule has 16 heavy (non-hydrogen) atoms. The predicted octanol–water partition coefficient (Wildman–Crippen LogP) is 1.45. The first-order chi connectivity index (χ1) is 7.75. The number of nitrogens with one attached hydrogen (secondary N) is 2. The number of benzene rings is 1. The van der Waals surface area contributed by atoms with Crippen molar-refractivity contribution in [3.63, 3.8) is 0 Å². The minimum atomic E-state index is 0.0978. The highest BCUT2D eigenvalue weighted by Crippen LogP contribution is 2.23. The standard InChI is InChI=1S/C10H11ClN4O/c11-8-3-7(1-2-9(8)16)4-12-5-10-13-6-14-15-10/h1-3,6,12,16H,4-5H2,(H,13,14,15). The molecule has 0 spiro atoms. The lowest BCUT2D eigenvalue weighted by Crippen LogP contribution is -2.13. The van der Waals surface area contributed by atoms with Crippen molar-refractivity contribution in [2.75, 3.05) is 0 Å². The maximum atomic E-state index is 9.24. The molecule has 1 heterocycles. The highest BCUT2D eigenvalue weighted by atomic mass is 35.5. The van der Waals surface area contributed by atoms with Gasteiger partial charge in [-0.1, -0.05) is 17.7 Å². The Morgan fingerprint density at radius 3 is 2.94 bits per heavy atom. The van der Waals surface area contributed by atoms with Crippen LogP contribution >= 0.6 is 11.6 Å². The molecule has 2 aromatic rings. The molecule has 0 atom stereocenters. The third kappa shape index (κ3) is 2.71. The van der Waals surface area contributed by atoms with Crippen LogP contribution in [-0.2, 0) is 13.1 Å². The molecule has 3 N–H and O–H groups in total. The smallest absolute Gasteiger partial charge is 0.138 e. The number of nitrogens with zero attached hydrogens (tertiary/aromatic N) is 2. The number of halogens is 1. The van der Waals surface area contributed by atoms with E-state index >= 15 is 0 Å². The van der Waals surface area contributed by atoms with Gasteiger partial charge in [0.05, 0.1) is 11.6 Å². The SMILES string of the molecule is Oc1ccc(CNCc2ncn[nH]2)cc1Cl. The van der Waals surface area contributed by atoms with Crippen molar-refractivity contribution in [3.8, 4) is 5.75 Å². The second-order valence-electron chi connectivity index (χ2n) is 3.32. The normalized spacial score (nSPS) is 10.6. The second-order valence-corrected chi connectivity index (χ2v) is 3.73. The third-order valence-corrected chi connectivity index (χ3v) is 2.40. The van der Waals surface area contributed by atoms with E-state index < -0.39 is 0 Å². The molecule has 0 unspecified atom stereocenters. The molecule has 0 saturated heterocycles. The van der Waals surface area contributed by atoms with Gasteiger partial charge in [0.2, 0.25) is 0 Å². The summed E-state index contributed by atoms with van der Waals surface area (Å²) in [6, 6.07) is 5.12. The molecule has 0 fully saturated rings. The third-order valence-electron chi connectivity index (χ3n) is 2.10. The average molecular weight is 239 g/mol. The monoisotopic (exact) mass is 238 g/mol. The minimum absolute atomic E-state index is 0.0978. The summed E-state index contributed by atoms with van der Waals surface area (Å²) in [5.41, 5.74) is 1.00. The largest absolute Gasteiger partial charge is 0.506 e. The van der Waals surface area contributed by atoms with E-state index in [-0.39, 0.29) is 5.75 Å².